The van der Waals surface area contributed by atoms with Gasteiger partial charge in [-0.2, -0.15) is 5.10 Å². The van der Waals surface area contributed by atoms with Gasteiger partial charge in [0.1, 0.15) is 0 Å². The van der Waals surface area contributed by atoms with Gasteiger partial charge < -0.3 is 14.4 Å². The summed E-state index contributed by atoms with van der Waals surface area (Å²) >= 11 is 0. The lowest BCUT2D eigenvalue weighted by molar-refractivity contribution is -0.138. The van der Waals surface area contributed by atoms with Crippen LogP contribution in [-0.2, 0) is 20.8 Å². The first-order chi connectivity index (χ1) is 14.6. The molecule has 0 radical (unpaired) electrons. The third kappa shape index (κ3) is 4.23. The topological polar surface area (TPSA) is 90.7 Å². The first-order valence-electron chi connectivity index (χ1n) is 9.70. The lowest BCUT2D eigenvalue weighted by Gasteiger charge is -2.26. The van der Waals surface area contributed by atoms with Crippen molar-refractivity contribution in [2.75, 3.05) is 32.9 Å². The van der Waals surface area contributed by atoms with Crippen LogP contribution < -0.4 is 5.56 Å². The van der Waals surface area contributed by atoms with Crippen molar-refractivity contribution in [2.45, 2.75) is 6.54 Å². The molecule has 1 fully saturated rings. The quantitative estimate of drug-likeness (QED) is 0.595. The third-order valence-electron chi connectivity index (χ3n) is 4.93. The van der Waals surface area contributed by atoms with Crippen LogP contribution in [0.15, 0.2) is 59.4 Å². The first kappa shape index (κ1) is 19.8. The van der Waals surface area contributed by atoms with E-state index in [1.165, 1.54) is 4.68 Å². The monoisotopic (exact) mass is 407 g/mol. The molecule has 1 saturated heterocycles. The van der Waals surface area contributed by atoms with Gasteiger partial charge in [0.05, 0.1) is 25.1 Å². The summed E-state index contributed by atoms with van der Waals surface area (Å²) in [5, 5.41) is 5.04. The predicted molar refractivity (Wildman–Crippen MR) is 109 cm³/mol. The second-order valence-electron chi connectivity index (χ2n) is 6.91. The van der Waals surface area contributed by atoms with Gasteiger partial charge in [0.15, 0.2) is 12.3 Å². The lowest BCUT2D eigenvalue weighted by Crippen LogP contribution is -2.42. The highest BCUT2D eigenvalue weighted by Crippen LogP contribution is 2.15. The average molecular weight is 407 g/mol. The Morgan fingerprint density at radius 1 is 0.967 bits per heavy atom. The van der Waals surface area contributed by atoms with E-state index in [0.29, 0.717) is 37.1 Å². The van der Waals surface area contributed by atoms with Crippen molar-refractivity contribution in [1.82, 2.24) is 14.7 Å². The van der Waals surface area contributed by atoms with E-state index in [1.807, 2.05) is 30.3 Å². The zero-order valence-electron chi connectivity index (χ0n) is 16.3. The summed E-state index contributed by atoms with van der Waals surface area (Å²) in [6.07, 6.45) is 0. The highest BCUT2D eigenvalue weighted by atomic mass is 16.5. The molecule has 154 valence electrons. The first-order valence-corrected chi connectivity index (χ1v) is 9.70. The number of aromatic nitrogens is 2. The number of carbonyl (C=O) groups excluding carboxylic acids is 2. The number of esters is 1. The van der Waals surface area contributed by atoms with Crippen LogP contribution in [0.25, 0.3) is 10.8 Å². The molecule has 0 atom stereocenters. The van der Waals surface area contributed by atoms with Crippen LogP contribution in [0.2, 0.25) is 0 Å². The normalized spacial score (nSPS) is 13.9. The summed E-state index contributed by atoms with van der Waals surface area (Å²) in [6.45, 7) is 1.72. The van der Waals surface area contributed by atoms with Crippen LogP contribution in [-0.4, -0.2) is 59.5 Å². The summed E-state index contributed by atoms with van der Waals surface area (Å²) < 4.78 is 11.7. The number of benzene rings is 2. The SMILES string of the molecule is O=C(OCC(=O)N1CCOCC1)c1nn(Cc2ccccc2)c(=O)c2ccccc12. The molecular weight excluding hydrogens is 386 g/mol. The summed E-state index contributed by atoms with van der Waals surface area (Å²) in [7, 11) is 0. The Labute approximate surface area is 172 Å². The van der Waals surface area contributed by atoms with Crippen LogP contribution in [0.1, 0.15) is 16.1 Å². The Kier molecular flexibility index (Phi) is 5.85. The summed E-state index contributed by atoms with van der Waals surface area (Å²) in [4.78, 5) is 39.5. The maximum atomic E-state index is 12.9. The second-order valence-corrected chi connectivity index (χ2v) is 6.91. The Morgan fingerprint density at radius 2 is 1.63 bits per heavy atom. The molecular formula is C22H21N3O5. The number of nitrogens with zero attached hydrogens (tertiary/aromatic N) is 3. The molecule has 1 aliphatic heterocycles. The highest BCUT2D eigenvalue weighted by molar-refractivity contribution is 6.02. The fourth-order valence-electron chi connectivity index (χ4n) is 3.35. The van der Waals surface area contributed by atoms with Crippen LogP contribution >= 0.6 is 0 Å². The number of hydrogen-bond donors (Lipinski definition) is 0. The smallest absolute Gasteiger partial charge is 0.359 e. The fourth-order valence-corrected chi connectivity index (χ4v) is 3.35. The second kappa shape index (κ2) is 8.87. The Balaban J connectivity index is 1.60. The van der Waals surface area contributed by atoms with E-state index < -0.39 is 5.97 Å². The molecule has 0 saturated carbocycles. The number of amides is 1. The van der Waals surface area contributed by atoms with Gasteiger partial charge in [0.2, 0.25) is 0 Å². The van der Waals surface area contributed by atoms with Gasteiger partial charge in [-0.1, -0.05) is 48.5 Å². The van der Waals surface area contributed by atoms with Crippen LogP contribution in [0.5, 0.6) is 0 Å². The van der Waals surface area contributed by atoms with Gasteiger partial charge in [0, 0.05) is 18.5 Å². The van der Waals surface area contributed by atoms with Crippen molar-refractivity contribution < 1.29 is 19.1 Å². The van der Waals surface area contributed by atoms with Crippen molar-refractivity contribution in [2.24, 2.45) is 0 Å². The minimum atomic E-state index is -0.741. The number of rotatable bonds is 5. The van der Waals surface area contributed by atoms with E-state index in [2.05, 4.69) is 5.10 Å². The maximum Gasteiger partial charge on any atom is 0.359 e. The van der Waals surface area contributed by atoms with Gasteiger partial charge in [0.25, 0.3) is 11.5 Å². The highest BCUT2D eigenvalue weighted by Gasteiger charge is 2.22. The molecule has 3 aromatic rings. The molecule has 30 heavy (non-hydrogen) atoms. The standard InChI is InChI=1S/C22H21N3O5/c26-19(24-10-12-29-13-11-24)15-30-22(28)20-17-8-4-5-9-18(17)21(27)25(23-20)14-16-6-2-1-3-7-16/h1-9H,10-15H2. The molecule has 0 spiro atoms. The summed E-state index contributed by atoms with van der Waals surface area (Å²) in [6, 6.07) is 16.1. The number of ether oxygens (including phenoxy) is 2. The fraction of sp³-hybridized carbons (Fsp3) is 0.273. The molecule has 8 heteroatoms. The van der Waals surface area contributed by atoms with E-state index >= 15 is 0 Å². The van der Waals surface area contributed by atoms with Crippen molar-refractivity contribution in [3.63, 3.8) is 0 Å². The average Bonchev–Trinajstić information content (AvgIpc) is 2.80. The van der Waals surface area contributed by atoms with E-state index in [9.17, 15) is 14.4 Å². The summed E-state index contributed by atoms with van der Waals surface area (Å²) in [5.74, 6) is -1.02. The zero-order chi connectivity index (χ0) is 20.9. The Morgan fingerprint density at radius 3 is 2.37 bits per heavy atom. The van der Waals surface area contributed by atoms with Crippen LogP contribution in [0.4, 0.5) is 0 Å². The van der Waals surface area contributed by atoms with Gasteiger partial charge in [-0.25, -0.2) is 9.48 Å². The van der Waals surface area contributed by atoms with E-state index in [-0.39, 0.29) is 30.3 Å². The van der Waals surface area contributed by atoms with Crippen LogP contribution in [0.3, 0.4) is 0 Å². The molecule has 0 unspecified atom stereocenters. The molecule has 8 nitrogen and oxygen atoms in total. The van der Waals surface area contributed by atoms with E-state index in [1.54, 1.807) is 29.2 Å². The predicted octanol–water partition coefficient (Wildman–Crippen LogP) is 1.46. The van der Waals surface area contributed by atoms with Crippen LogP contribution in [0, 0.1) is 0 Å². The lowest BCUT2D eigenvalue weighted by atomic mass is 10.1. The number of hydrogen-bond acceptors (Lipinski definition) is 6. The van der Waals surface area contributed by atoms with Gasteiger partial charge in [-0.3, -0.25) is 9.59 Å². The Hall–Kier alpha value is -3.52. The number of morpholine rings is 1. The molecule has 0 bridgehead atoms. The van der Waals surface area contributed by atoms with Crippen molar-refractivity contribution in [1.29, 1.82) is 0 Å². The van der Waals surface area contributed by atoms with Crippen molar-refractivity contribution >= 4 is 22.6 Å². The van der Waals surface area contributed by atoms with Gasteiger partial charge >= 0.3 is 5.97 Å². The van der Waals surface area contributed by atoms with E-state index in [0.717, 1.165) is 5.56 Å². The Bertz CT molecular complexity index is 1120. The molecule has 0 aliphatic carbocycles. The van der Waals surface area contributed by atoms with Crippen molar-refractivity contribution in [3.8, 4) is 0 Å². The molecule has 1 aromatic heterocycles. The maximum absolute atomic E-state index is 12.9. The van der Waals surface area contributed by atoms with Crippen molar-refractivity contribution in [3.05, 3.63) is 76.2 Å². The minimum absolute atomic E-state index is 0.0101. The third-order valence-corrected chi connectivity index (χ3v) is 4.93. The van der Waals surface area contributed by atoms with Gasteiger partial charge in [-0.15, -0.1) is 0 Å². The molecule has 2 heterocycles. The molecule has 0 N–H and O–H groups in total. The molecule has 1 amide bonds. The zero-order valence-corrected chi connectivity index (χ0v) is 16.3. The largest absolute Gasteiger partial charge is 0.451 e. The molecule has 4 rings (SSSR count). The number of fused-ring (bicyclic) bond motifs is 1. The molecule has 2 aromatic carbocycles. The van der Waals surface area contributed by atoms with Gasteiger partial charge in [-0.05, 0) is 11.6 Å². The number of carbonyl (C=O) groups is 2. The molecule has 1 aliphatic rings. The van der Waals surface area contributed by atoms with E-state index in [4.69, 9.17) is 9.47 Å². The summed E-state index contributed by atoms with van der Waals surface area (Å²) in [5.41, 5.74) is 0.593. The minimum Gasteiger partial charge on any atom is -0.451 e.